The van der Waals surface area contributed by atoms with E-state index < -0.39 is 18.0 Å². The molecule has 6 nitrogen and oxygen atoms in total. The first-order valence-corrected chi connectivity index (χ1v) is 9.91. The number of fused-ring (bicyclic) bond motifs is 1. The van der Waals surface area contributed by atoms with Crippen molar-refractivity contribution in [2.24, 2.45) is 0 Å². The highest BCUT2D eigenvalue weighted by Crippen LogP contribution is 2.22. The molecule has 154 valence electrons. The van der Waals surface area contributed by atoms with Gasteiger partial charge < -0.3 is 10.1 Å². The van der Waals surface area contributed by atoms with Crippen LogP contribution in [0.3, 0.4) is 0 Å². The molecule has 2 heterocycles. The summed E-state index contributed by atoms with van der Waals surface area (Å²) in [7, 11) is 0. The fraction of sp³-hybridized carbons (Fsp3) is 0.120. The van der Waals surface area contributed by atoms with E-state index in [0.29, 0.717) is 16.9 Å². The molecule has 1 unspecified atom stereocenters. The fourth-order valence-corrected chi connectivity index (χ4v) is 3.27. The van der Waals surface area contributed by atoms with Crippen LogP contribution in [0.1, 0.15) is 23.0 Å². The molecular weight excluding hydrogens is 390 g/mol. The van der Waals surface area contributed by atoms with Gasteiger partial charge in [-0.1, -0.05) is 36.4 Å². The number of hydrogen-bond donors (Lipinski definition) is 1. The monoisotopic (exact) mass is 411 g/mol. The molecule has 6 heteroatoms. The van der Waals surface area contributed by atoms with Crippen LogP contribution in [0, 0.1) is 6.92 Å². The number of esters is 1. The van der Waals surface area contributed by atoms with Crippen molar-refractivity contribution in [3.63, 3.8) is 0 Å². The number of rotatable bonds is 5. The summed E-state index contributed by atoms with van der Waals surface area (Å²) in [5.74, 6) is -1.01. The summed E-state index contributed by atoms with van der Waals surface area (Å²) < 4.78 is 5.40. The van der Waals surface area contributed by atoms with Crippen LogP contribution >= 0.6 is 0 Å². The number of pyridine rings is 2. The van der Waals surface area contributed by atoms with Crippen molar-refractivity contribution < 1.29 is 14.3 Å². The lowest BCUT2D eigenvalue weighted by Gasteiger charge is -2.15. The summed E-state index contributed by atoms with van der Waals surface area (Å²) in [6, 6.07) is 22.3. The number of hydrogen-bond acceptors (Lipinski definition) is 5. The number of nitrogens with one attached hydrogen (secondary N) is 1. The van der Waals surface area contributed by atoms with Gasteiger partial charge in [0.25, 0.3) is 5.91 Å². The molecule has 0 saturated heterocycles. The van der Waals surface area contributed by atoms with E-state index >= 15 is 0 Å². The first-order valence-electron chi connectivity index (χ1n) is 9.91. The van der Waals surface area contributed by atoms with Gasteiger partial charge >= 0.3 is 5.97 Å². The summed E-state index contributed by atoms with van der Waals surface area (Å²) >= 11 is 0. The van der Waals surface area contributed by atoms with E-state index in [4.69, 9.17) is 4.74 Å². The average molecular weight is 411 g/mol. The second kappa shape index (κ2) is 8.75. The molecule has 1 atom stereocenters. The Bertz CT molecular complexity index is 1250. The van der Waals surface area contributed by atoms with Crippen LogP contribution in [0.15, 0.2) is 79.0 Å². The minimum atomic E-state index is -0.979. The van der Waals surface area contributed by atoms with Gasteiger partial charge in [-0.2, -0.15) is 0 Å². The van der Waals surface area contributed by atoms with Crippen LogP contribution in [-0.4, -0.2) is 27.9 Å². The number of ether oxygens (including phenoxy) is 1. The Labute approximate surface area is 179 Å². The molecule has 2 aromatic heterocycles. The van der Waals surface area contributed by atoms with Crippen LogP contribution in [0.5, 0.6) is 0 Å². The summed E-state index contributed by atoms with van der Waals surface area (Å²) in [5, 5.41) is 3.63. The Morgan fingerprint density at radius 2 is 1.74 bits per heavy atom. The third kappa shape index (κ3) is 4.43. The van der Waals surface area contributed by atoms with Gasteiger partial charge in [-0.3, -0.25) is 14.8 Å². The molecule has 31 heavy (non-hydrogen) atoms. The number of aromatic nitrogens is 2. The second-order valence-electron chi connectivity index (χ2n) is 7.11. The summed E-state index contributed by atoms with van der Waals surface area (Å²) in [6.45, 7) is 3.29. The van der Waals surface area contributed by atoms with Gasteiger partial charge in [0.05, 0.1) is 28.2 Å². The van der Waals surface area contributed by atoms with Gasteiger partial charge in [0.2, 0.25) is 0 Å². The van der Waals surface area contributed by atoms with Crippen LogP contribution in [0.4, 0.5) is 5.69 Å². The number of anilines is 1. The first kappa shape index (κ1) is 20.2. The zero-order chi connectivity index (χ0) is 21.8. The SMILES string of the molecule is Cc1nc(-c2ccccc2)ccc1C(=O)OC(C)C(=O)Nc1cccc2ncccc12. The highest BCUT2D eigenvalue weighted by atomic mass is 16.5. The zero-order valence-electron chi connectivity index (χ0n) is 17.2. The van der Waals surface area contributed by atoms with Gasteiger partial charge in [-0.05, 0) is 50.2 Å². The Hall–Kier alpha value is -4.06. The smallest absolute Gasteiger partial charge is 0.340 e. The highest BCUT2D eigenvalue weighted by Gasteiger charge is 2.21. The molecule has 1 amide bonds. The predicted octanol–water partition coefficient (Wildman–Crippen LogP) is 4.79. The summed E-state index contributed by atoms with van der Waals surface area (Å²) in [6.07, 6.45) is 0.713. The third-order valence-electron chi connectivity index (χ3n) is 4.93. The Kier molecular flexibility index (Phi) is 5.71. The largest absolute Gasteiger partial charge is 0.449 e. The van der Waals surface area contributed by atoms with Gasteiger partial charge in [0.1, 0.15) is 0 Å². The van der Waals surface area contributed by atoms with E-state index in [2.05, 4.69) is 15.3 Å². The van der Waals surface area contributed by atoms with Crippen LogP contribution in [0.2, 0.25) is 0 Å². The Morgan fingerprint density at radius 3 is 2.52 bits per heavy atom. The van der Waals surface area contributed by atoms with E-state index in [1.807, 2.05) is 48.5 Å². The maximum absolute atomic E-state index is 12.6. The standard InChI is InChI=1S/C25H21N3O3/c1-16-19(13-14-21(27-16)18-8-4-3-5-9-18)25(30)31-17(2)24(29)28-23-12-6-11-22-20(23)10-7-15-26-22/h3-15,17H,1-2H3,(H,28,29). The number of carbonyl (C=O) groups is 2. The Morgan fingerprint density at radius 1 is 0.935 bits per heavy atom. The van der Waals surface area contributed by atoms with Crippen LogP contribution < -0.4 is 5.32 Å². The van der Waals surface area contributed by atoms with Crippen LogP contribution in [-0.2, 0) is 9.53 Å². The number of carbonyl (C=O) groups excluding carboxylic acids is 2. The van der Waals surface area contributed by atoms with E-state index in [1.165, 1.54) is 6.92 Å². The Balaban J connectivity index is 1.46. The van der Waals surface area contributed by atoms with Gasteiger partial charge in [-0.25, -0.2) is 4.79 Å². The summed E-state index contributed by atoms with van der Waals surface area (Å²) in [4.78, 5) is 34.1. The van der Waals surface area contributed by atoms with E-state index in [-0.39, 0.29) is 0 Å². The van der Waals surface area contributed by atoms with Crippen molar-refractivity contribution in [3.05, 3.63) is 90.3 Å². The van der Waals surface area contributed by atoms with E-state index in [1.54, 1.807) is 37.4 Å². The molecule has 0 fully saturated rings. The third-order valence-corrected chi connectivity index (χ3v) is 4.93. The number of benzene rings is 2. The van der Waals surface area contributed by atoms with Gasteiger partial charge in [0, 0.05) is 17.1 Å². The maximum atomic E-state index is 12.6. The second-order valence-corrected chi connectivity index (χ2v) is 7.11. The zero-order valence-corrected chi connectivity index (χ0v) is 17.2. The maximum Gasteiger partial charge on any atom is 0.340 e. The molecule has 0 bridgehead atoms. The highest BCUT2D eigenvalue weighted by molar-refractivity contribution is 6.03. The van der Waals surface area contributed by atoms with Crippen molar-refractivity contribution in [2.75, 3.05) is 5.32 Å². The molecule has 4 aromatic rings. The van der Waals surface area contributed by atoms with Gasteiger partial charge in [0.15, 0.2) is 6.10 Å². The lowest BCUT2D eigenvalue weighted by Crippen LogP contribution is -2.30. The molecular formula is C25H21N3O3. The average Bonchev–Trinajstić information content (AvgIpc) is 2.79. The predicted molar refractivity (Wildman–Crippen MR) is 120 cm³/mol. The van der Waals surface area contributed by atoms with Gasteiger partial charge in [-0.15, -0.1) is 0 Å². The van der Waals surface area contributed by atoms with Crippen LogP contribution in [0.25, 0.3) is 22.2 Å². The fourth-order valence-electron chi connectivity index (χ4n) is 3.27. The minimum Gasteiger partial charge on any atom is -0.449 e. The number of amides is 1. The molecule has 0 aliphatic rings. The van der Waals surface area contributed by atoms with Crippen molar-refractivity contribution in [1.29, 1.82) is 0 Å². The molecule has 0 aliphatic carbocycles. The summed E-state index contributed by atoms with van der Waals surface area (Å²) in [5.41, 5.74) is 3.98. The topological polar surface area (TPSA) is 81.2 Å². The van der Waals surface area contributed by atoms with E-state index in [9.17, 15) is 9.59 Å². The van der Waals surface area contributed by atoms with Crippen molar-refractivity contribution in [1.82, 2.24) is 9.97 Å². The molecule has 0 saturated carbocycles. The van der Waals surface area contributed by atoms with Crippen molar-refractivity contribution in [3.8, 4) is 11.3 Å². The first-order chi connectivity index (χ1) is 15.0. The normalized spacial score (nSPS) is 11.7. The molecule has 0 radical (unpaired) electrons. The number of nitrogens with zero attached hydrogens (tertiary/aromatic N) is 2. The van der Waals surface area contributed by atoms with Crippen molar-refractivity contribution in [2.45, 2.75) is 20.0 Å². The molecule has 2 aromatic carbocycles. The molecule has 4 rings (SSSR count). The number of aryl methyl sites for hydroxylation is 1. The quantitative estimate of drug-likeness (QED) is 0.478. The lowest BCUT2D eigenvalue weighted by molar-refractivity contribution is -0.123. The lowest BCUT2D eigenvalue weighted by atomic mass is 10.1. The molecule has 1 N–H and O–H groups in total. The van der Waals surface area contributed by atoms with E-state index in [0.717, 1.165) is 22.2 Å². The molecule has 0 aliphatic heterocycles. The minimum absolute atomic E-state index is 0.327. The van der Waals surface area contributed by atoms with Crippen molar-refractivity contribution >= 4 is 28.5 Å². The molecule has 0 spiro atoms.